The number of nitrogens with zero attached hydrogens (tertiary/aromatic N) is 1. The molecule has 1 N–H and O–H groups in total. The third kappa shape index (κ3) is 5.27. The molecular weight excluding hydrogens is 392 g/mol. The highest BCUT2D eigenvalue weighted by atomic mass is 32.2. The molecule has 1 aliphatic rings. The molecule has 1 amide bonds. The first-order valence-corrected chi connectivity index (χ1v) is 11.0. The number of nitrogens with one attached hydrogen (secondary N) is 1. The van der Waals surface area contributed by atoms with Gasteiger partial charge in [0.15, 0.2) is 0 Å². The van der Waals surface area contributed by atoms with Gasteiger partial charge in [-0.25, -0.2) is 8.42 Å². The Labute approximate surface area is 171 Å². The summed E-state index contributed by atoms with van der Waals surface area (Å²) >= 11 is 0. The van der Waals surface area contributed by atoms with Crippen LogP contribution < -0.4 is 14.8 Å². The van der Waals surface area contributed by atoms with Crippen LogP contribution in [-0.4, -0.2) is 51.5 Å². The van der Waals surface area contributed by atoms with E-state index in [1.165, 1.54) is 28.6 Å². The number of carbonyl (C=O) groups excluding carboxylic acids is 1. The predicted molar refractivity (Wildman–Crippen MR) is 110 cm³/mol. The summed E-state index contributed by atoms with van der Waals surface area (Å²) in [5, 5.41) is 2.85. The molecule has 29 heavy (non-hydrogen) atoms. The summed E-state index contributed by atoms with van der Waals surface area (Å²) in [4.78, 5) is 12.6. The minimum Gasteiger partial charge on any atom is -0.497 e. The SMILES string of the molecule is COc1ccc(OCC(C)NC(=O)c2ccc(S(=O)(=O)N3CCCC3)cc2)cc1. The van der Waals surface area contributed by atoms with Gasteiger partial charge in [-0.15, -0.1) is 0 Å². The molecule has 1 heterocycles. The normalized spacial score (nSPS) is 15.7. The maximum Gasteiger partial charge on any atom is 0.251 e. The lowest BCUT2D eigenvalue weighted by Gasteiger charge is -2.17. The average molecular weight is 419 g/mol. The van der Waals surface area contributed by atoms with E-state index in [1.807, 2.05) is 6.92 Å². The number of sulfonamides is 1. The summed E-state index contributed by atoms with van der Waals surface area (Å²) in [5.41, 5.74) is 0.404. The molecule has 7 nitrogen and oxygen atoms in total. The zero-order valence-corrected chi connectivity index (χ0v) is 17.4. The van der Waals surface area contributed by atoms with Crippen molar-refractivity contribution in [1.82, 2.24) is 9.62 Å². The molecule has 1 unspecified atom stereocenters. The summed E-state index contributed by atoms with van der Waals surface area (Å²) in [6.45, 7) is 3.25. The fourth-order valence-electron chi connectivity index (χ4n) is 3.10. The van der Waals surface area contributed by atoms with Crippen molar-refractivity contribution >= 4 is 15.9 Å². The predicted octanol–water partition coefficient (Wildman–Crippen LogP) is 2.68. The van der Waals surface area contributed by atoms with Crippen molar-refractivity contribution in [2.75, 3.05) is 26.8 Å². The first-order chi connectivity index (χ1) is 13.9. The Morgan fingerprint density at radius 2 is 1.62 bits per heavy atom. The summed E-state index contributed by atoms with van der Waals surface area (Å²) in [6, 6.07) is 13.0. The van der Waals surface area contributed by atoms with E-state index in [2.05, 4.69) is 5.32 Å². The van der Waals surface area contributed by atoms with Gasteiger partial charge in [-0.1, -0.05) is 0 Å². The lowest BCUT2D eigenvalue weighted by Crippen LogP contribution is -2.36. The summed E-state index contributed by atoms with van der Waals surface area (Å²) in [7, 11) is -1.88. The van der Waals surface area contributed by atoms with Gasteiger partial charge >= 0.3 is 0 Å². The number of rotatable bonds is 8. The third-order valence-electron chi connectivity index (χ3n) is 4.76. The van der Waals surface area contributed by atoms with Crippen molar-refractivity contribution in [2.24, 2.45) is 0 Å². The maximum atomic E-state index is 12.6. The molecule has 0 radical (unpaired) electrons. The topological polar surface area (TPSA) is 84.9 Å². The second kappa shape index (κ2) is 9.28. The van der Waals surface area contributed by atoms with Crippen molar-refractivity contribution in [1.29, 1.82) is 0 Å². The van der Waals surface area contributed by atoms with E-state index in [-0.39, 0.29) is 16.8 Å². The van der Waals surface area contributed by atoms with Crippen LogP contribution in [0.5, 0.6) is 11.5 Å². The highest BCUT2D eigenvalue weighted by Crippen LogP contribution is 2.21. The molecule has 0 saturated carbocycles. The van der Waals surface area contributed by atoms with Crippen molar-refractivity contribution in [2.45, 2.75) is 30.7 Å². The Bertz CT molecular complexity index is 921. The highest BCUT2D eigenvalue weighted by Gasteiger charge is 2.27. The minimum atomic E-state index is -3.48. The fraction of sp³-hybridized carbons (Fsp3) is 0.381. The molecule has 1 aliphatic heterocycles. The second-order valence-corrected chi connectivity index (χ2v) is 8.93. The standard InChI is InChI=1S/C21H26N2O5S/c1-16(15-28-19-9-7-18(27-2)8-10-19)22-21(24)17-5-11-20(12-6-17)29(25,26)23-13-3-4-14-23/h5-12,16H,3-4,13-15H2,1-2H3,(H,22,24). The molecule has 0 spiro atoms. The maximum absolute atomic E-state index is 12.6. The molecule has 0 bridgehead atoms. The van der Waals surface area contributed by atoms with Crippen LogP contribution in [0.4, 0.5) is 0 Å². The Morgan fingerprint density at radius 1 is 1.03 bits per heavy atom. The molecule has 8 heteroatoms. The van der Waals surface area contributed by atoms with Crippen molar-refractivity contribution < 1.29 is 22.7 Å². The summed E-state index contributed by atoms with van der Waals surface area (Å²) in [5.74, 6) is 1.15. The number of hydrogen-bond donors (Lipinski definition) is 1. The number of ether oxygens (including phenoxy) is 2. The quantitative estimate of drug-likeness (QED) is 0.712. The van der Waals surface area contributed by atoms with Crippen LogP contribution in [0.25, 0.3) is 0 Å². The van der Waals surface area contributed by atoms with E-state index in [1.54, 1.807) is 31.4 Å². The smallest absolute Gasteiger partial charge is 0.251 e. The molecule has 156 valence electrons. The first kappa shape index (κ1) is 21.1. The molecule has 1 atom stereocenters. The van der Waals surface area contributed by atoms with Crippen LogP contribution >= 0.6 is 0 Å². The number of benzene rings is 2. The van der Waals surface area contributed by atoms with E-state index < -0.39 is 10.0 Å². The van der Waals surface area contributed by atoms with Crippen LogP contribution in [0, 0.1) is 0 Å². The van der Waals surface area contributed by atoms with Gasteiger partial charge in [-0.2, -0.15) is 4.31 Å². The summed E-state index contributed by atoms with van der Waals surface area (Å²) < 4.78 is 37.4. The molecule has 2 aromatic rings. The number of hydrogen-bond acceptors (Lipinski definition) is 5. The van der Waals surface area contributed by atoms with E-state index >= 15 is 0 Å². The van der Waals surface area contributed by atoms with Gasteiger partial charge in [0.05, 0.1) is 18.0 Å². The number of methoxy groups -OCH3 is 1. The molecule has 1 saturated heterocycles. The number of amides is 1. The number of carbonyl (C=O) groups is 1. The lowest BCUT2D eigenvalue weighted by molar-refractivity contribution is 0.0926. The zero-order chi connectivity index (χ0) is 20.9. The molecule has 2 aromatic carbocycles. The monoisotopic (exact) mass is 418 g/mol. The fourth-order valence-corrected chi connectivity index (χ4v) is 4.61. The van der Waals surface area contributed by atoms with Gasteiger partial charge in [0, 0.05) is 18.7 Å². The second-order valence-electron chi connectivity index (χ2n) is 7.00. The van der Waals surface area contributed by atoms with Crippen LogP contribution in [0.3, 0.4) is 0 Å². The Kier molecular flexibility index (Phi) is 6.76. The molecule has 1 fully saturated rings. The van der Waals surface area contributed by atoms with Crippen LogP contribution in [0.1, 0.15) is 30.1 Å². The highest BCUT2D eigenvalue weighted by molar-refractivity contribution is 7.89. The van der Waals surface area contributed by atoms with Crippen molar-refractivity contribution in [3.63, 3.8) is 0 Å². The van der Waals surface area contributed by atoms with Crippen molar-refractivity contribution in [3.8, 4) is 11.5 Å². The third-order valence-corrected chi connectivity index (χ3v) is 6.67. The van der Waals surface area contributed by atoms with Gasteiger partial charge in [0.1, 0.15) is 18.1 Å². The average Bonchev–Trinajstić information content (AvgIpc) is 3.28. The Hall–Kier alpha value is -2.58. The first-order valence-electron chi connectivity index (χ1n) is 9.58. The van der Waals surface area contributed by atoms with Gasteiger partial charge in [0.2, 0.25) is 10.0 Å². The van der Waals surface area contributed by atoms with Gasteiger partial charge in [-0.3, -0.25) is 4.79 Å². The molecule has 0 aliphatic carbocycles. The Balaban J connectivity index is 1.54. The Morgan fingerprint density at radius 3 is 2.21 bits per heavy atom. The van der Waals surface area contributed by atoms with Gasteiger partial charge in [-0.05, 0) is 68.3 Å². The van der Waals surface area contributed by atoms with Crippen LogP contribution in [0.2, 0.25) is 0 Å². The van der Waals surface area contributed by atoms with Gasteiger partial charge < -0.3 is 14.8 Å². The van der Waals surface area contributed by atoms with Crippen molar-refractivity contribution in [3.05, 3.63) is 54.1 Å². The van der Waals surface area contributed by atoms with Gasteiger partial charge in [0.25, 0.3) is 5.91 Å². The minimum absolute atomic E-state index is 0.215. The van der Waals surface area contributed by atoms with E-state index in [4.69, 9.17) is 9.47 Å². The molecule has 0 aromatic heterocycles. The molecule has 3 rings (SSSR count). The van der Waals surface area contributed by atoms with E-state index in [0.717, 1.165) is 18.6 Å². The zero-order valence-electron chi connectivity index (χ0n) is 16.6. The largest absolute Gasteiger partial charge is 0.497 e. The summed E-state index contributed by atoms with van der Waals surface area (Å²) in [6.07, 6.45) is 1.77. The van der Waals surface area contributed by atoms with E-state index in [0.29, 0.717) is 31.0 Å². The van der Waals surface area contributed by atoms with Crippen LogP contribution in [0.15, 0.2) is 53.4 Å². The van der Waals surface area contributed by atoms with Crippen LogP contribution in [-0.2, 0) is 10.0 Å². The molecular formula is C21H26N2O5S. The van der Waals surface area contributed by atoms with E-state index in [9.17, 15) is 13.2 Å². The lowest BCUT2D eigenvalue weighted by atomic mass is 10.2.